The topological polar surface area (TPSA) is 45.8 Å². The van der Waals surface area contributed by atoms with E-state index in [0.29, 0.717) is 5.56 Å². The first-order valence-corrected chi connectivity index (χ1v) is 6.48. The minimum atomic E-state index is -0.155. The lowest BCUT2D eigenvalue weighted by Gasteiger charge is -2.18. The maximum atomic E-state index is 11.9. The van der Waals surface area contributed by atoms with Crippen LogP contribution in [0.3, 0.4) is 0 Å². The smallest absolute Gasteiger partial charge is 0.254 e. The summed E-state index contributed by atoms with van der Waals surface area (Å²) in [6, 6.07) is 1.99. The number of hydrogen-bond donors (Lipinski definition) is 1. The first kappa shape index (κ1) is 12.0. The quantitative estimate of drug-likeness (QED) is 0.843. The highest BCUT2D eigenvalue weighted by atomic mass is 32.1. The van der Waals surface area contributed by atoms with Crippen molar-refractivity contribution in [2.75, 3.05) is 0 Å². The summed E-state index contributed by atoms with van der Waals surface area (Å²) in [4.78, 5) is 19.4. The lowest BCUT2D eigenvalue weighted by Crippen LogP contribution is -2.24. The van der Waals surface area contributed by atoms with Gasteiger partial charge in [0, 0.05) is 21.9 Å². The molecule has 0 saturated heterocycles. The van der Waals surface area contributed by atoms with Gasteiger partial charge in [-0.05, 0) is 18.4 Å². The number of H-pyrrole nitrogens is 1. The number of aromatic nitrogens is 2. The summed E-state index contributed by atoms with van der Waals surface area (Å²) in [6.45, 7) is 7.93. The molecule has 90 valence electrons. The van der Waals surface area contributed by atoms with E-state index >= 15 is 0 Å². The molecule has 0 spiro atoms. The van der Waals surface area contributed by atoms with Crippen LogP contribution >= 0.6 is 11.3 Å². The average molecular weight is 248 g/mol. The molecule has 2 aromatic rings. The summed E-state index contributed by atoms with van der Waals surface area (Å²) in [5, 5.41) is 4.01. The summed E-state index contributed by atoms with van der Waals surface area (Å²) < 4.78 is 0. The third-order valence-corrected chi connectivity index (χ3v) is 3.34. The molecule has 0 aliphatic rings. The lowest BCUT2D eigenvalue weighted by molar-refractivity contribution is 0.542. The number of hydrogen-bond acceptors (Lipinski definition) is 3. The number of rotatable bonds is 1. The van der Waals surface area contributed by atoms with Crippen molar-refractivity contribution in [3.63, 3.8) is 0 Å². The maximum Gasteiger partial charge on any atom is 0.254 e. The molecule has 0 fully saturated rings. The van der Waals surface area contributed by atoms with Gasteiger partial charge in [0.1, 0.15) is 5.82 Å². The predicted octanol–water partition coefficient (Wildman–Crippen LogP) is 3.10. The summed E-state index contributed by atoms with van der Waals surface area (Å²) >= 11 is 1.61. The molecule has 2 rings (SSSR count). The normalized spacial score (nSPS) is 11.8. The van der Waals surface area contributed by atoms with Crippen molar-refractivity contribution < 1.29 is 0 Å². The Labute approximate surface area is 105 Å². The predicted molar refractivity (Wildman–Crippen MR) is 71.6 cm³/mol. The highest BCUT2D eigenvalue weighted by Gasteiger charge is 2.19. The largest absolute Gasteiger partial charge is 0.310 e. The van der Waals surface area contributed by atoms with E-state index in [1.807, 2.05) is 44.5 Å². The number of thiophene rings is 1. The van der Waals surface area contributed by atoms with Gasteiger partial charge in [-0.3, -0.25) is 4.79 Å². The third-order valence-electron chi connectivity index (χ3n) is 2.66. The van der Waals surface area contributed by atoms with Crippen molar-refractivity contribution in [3.8, 4) is 11.3 Å². The molecule has 2 heterocycles. The standard InChI is InChI=1S/C13H16N2OS/c1-8-10(9-5-6-17-7-9)14-12(13(2,3)4)15-11(8)16/h5-7H,1-4H3,(H,14,15,16). The molecule has 4 heteroatoms. The summed E-state index contributed by atoms with van der Waals surface area (Å²) in [5.74, 6) is 0.731. The van der Waals surface area contributed by atoms with Crippen LogP contribution < -0.4 is 5.56 Å². The molecule has 2 aromatic heterocycles. The van der Waals surface area contributed by atoms with Crippen molar-refractivity contribution in [3.05, 3.63) is 38.6 Å². The Bertz CT molecular complexity index is 576. The van der Waals surface area contributed by atoms with Crippen molar-refractivity contribution in [2.45, 2.75) is 33.1 Å². The molecule has 1 N–H and O–H groups in total. The van der Waals surface area contributed by atoms with Gasteiger partial charge in [0.05, 0.1) is 5.69 Å². The van der Waals surface area contributed by atoms with E-state index < -0.39 is 0 Å². The van der Waals surface area contributed by atoms with Crippen molar-refractivity contribution in [1.82, 2.24) is 9.97 Å². The van der Waals surface area contributed by atoms with Crippen molar-refractivity contribution in [2.24, 2.45) is 0 Å². The minimum Gasteiger partial charge on any atom is -0.310 e. The van der Waals surface area contributed by atoms with Gasteiger partial charge in [-0.15, -0.1) is 0 Å². The second-order valence-corrected chi connectivity index (χ2v) is 5.93. The van der Waals surface area contributed by atoms with E-state index in [1.165, 1.54) is 0 Å². The van der Waals surface area contributed by atoms with Gasteiger partial charge in [0.2, 0.25) is 0 Å². The highest BCUT2D eigenvalue weighted by molar-refractivity contribution is 7.08. The number of nitrogens with zero attached hydrogens (tertiary/aromatic N) is 1. The minimum absolute atomic E-state index is 0.0499. The molecule has 0 unspecified atom stereocenters. The summed E-state index contributed by atoms with van der Waals surface area (Å²) in [5.41, 5.74) is 2.28. The summed E-state index contributed by atoms with van der Waals surface area (Å²) in [6.07, 6.45) is 0. The van der Waals surface area contributed by atoms with Crippen LogP contribution in [0.25, 0.3) is 11.3 Å². The average Bonchev–Trinajstić information content (AvgIpc) is 2.73. The fraction of sp³-hybridized carbons (Fsp3) is 0.385. The van der Waals surface area contributed by atoms with Crippen molar-refractivity contribution >= 4 is 11.3 Å². The number of nitrogens with one attached hydrogen (secondary N) is 1. The molecule has 0 aliphatic carbocycles. The van der Waals surface area contributed by atoms with Gasteiger partial charge < -0.3 is 4.98 Å². The van der Waals surface area contributed by atoms with Crippen LogP contribution in [0.1, 0.15) is 32.2 Å². The molecule has 0 amide bonds. The Morgan fingerprint density at radius 2 is 2.06 bits per heavy atom. The molecule has 0 bridgehead atoms. The number of aromatic amines is 1. The molecule has 0 aromatic carbocycles. The van der Waals surface area contributed by atoms with Gasteiger partial charge in [0.15, 0.2) is 0 Å². The van der Waals surface area contributed by atoms with E-state index in [-0.39, 0.29) is 11.0 Å². The fourth-order valence-electron chi connectivity index (χ4n) is 1.57. The van der Waals surface area contributed by atoms with E-state index in [1.54, 1.807) is 11.3 Å². The second kappa shape index (κ2) is 4.11. The third kappa shape index (κ3) is 2.31. The van der Waals surface area contributed by atoms with Gasteiger partial charge in [-0.2, -0.15) is 11.3 Å². The Morgan fingerprint density at radius 3 is 2.59 bits per heavy atom. The van der Waals surface area contributed by atoms with Crippen LogP contribution in [-0.2, 0) is 5.41 Å². The van der Waals surface area contributed by atoms with Crippen LogP contribution in [0.15, 0.2) is 21.6 Å². The highest BCUT2D eigenvalue weighted by Crippen LogP contribution is 2.24. The lowest BCUT2D eigenvalue weighted by atomic mass is 9.95. The molecule has 17 heavy (non-hydrogen) atoms. The van der Waals surface area contributed by atoms with Crippen LogP contribution in [0.5, 0.6) is 0 Å². The van der Waals surface area contributed by atoms with E-state index in [9.17, 15) is 4.79 Å². The zero-order chi connectivity index (χ0) is 12.6. The van der Waals surface area contributed by atoms with Gasteiger partial charge in [0.25, 0.3) is 5.56 Å². The van der Waals surface area contributed by atoms with Crippen LogP contribution in [0.4, 0.5) is 0 Å². The molecule has 0 saturated carbocycles. The Balaban J connectivity index is 2.68. The van der Waals surface area contributed by atoms with E-state index in [2.05, 4.69) is 9.97 Å². The van der Waals surface area contributed by atoms with Crippen molar-refractivity contribution in [1.29, 1.82) is 0 Å². The SMILES string of the molecule is Cc1c(-c2ccsc2)nc(C(C)(C)C)[nH]c1=O. The molecule has 3 nitrogen and oxygen atoms in total. The molecule has 0 atom stereocenters. The molecular weight excluding hydrogens is 232 g/mol. The Morgan fingerprint density at radius 1 is 1.35 bits per heavy atom. The summed E-state index contributed by atoms with van der Waals surface area (Å²) in [7, 11) is 0. The first-order valence-electron chi connectivity index (χ1n) is 5.53. The monoisotopic (exact) mass is 248 g/mol. The van der Waals surface area contributed by atoms with E-state index in [0.717, 1.165) is 17.1 Å². The second-order valence-electron chi connectivity index (χ2n) is 5.15. The van der Waals surface area contributed by atoms with Crippen LogP contribution in [0.2, 0.25) is 0 Å². The van der Waals surface area contributed by atoms with E-state index in [4.69, 9.17) is 0 Å². The zero-order valence-corrected chi connectivity index (χ0v) is 11.3. The zero-order valence-electron chi connectivity index (χ0n) is 10.5. The molecular formula is C13H16N2OS. The molecule has 0 radical (unpaired) electrons. The van der Waals surface area contributed by atoms with Gasteiger partial charge >= 0.3 is 0 Å². The molecule has 0 aliphatic heterocycles. The Kier molecular flexibility index (Phi) is 2.91. The first-order chi connectivity index (χ1) is 7.89. The Hall–Kier alpha value is -1.42. The maximum absolute atomic E-state index is 11.9. The van der Waals surface area contributed by atoms with Gasteiger partial charge in [-0.1, -0.05) is 20.8 Å². The van der Waals surface area contributed by atoms with Crippen LogP contribution in [-0.4, -0.2) is 9.97 Å². The fourth-order valence-corrected chi connectivity index (χ4v) is 2.21. The van der Waals surface area contributed by atoms with Gasteiger partial charge in [-0.25, -0.2) is 4.98 Å². The van der Waals surface area contributed by atoms with Crippen LogP contribution in [0, 0.1) is 6.92 Å².